The second-order valence-corrected chi connectivity index (χ2v) is 20.2. The molecule has 2 saturated heterocycles. The number of ether oxygens (including phenoxy) is 1. The third-order valence-electron chi connectivity index (χ3n) is 13.6. The Balaban J connectivity index is 1.47. The highest BCUT2D eigenvalue weighted by molar-refractivity contribution is 6.30. The van der Waals surface area contributed by atoms with E-state index < -0.39 is 109 Å². The summed E-state index contributed by atoms with van der Waals surface area (Å²) in [6, 6.07) is -2.63. The predicted molar refractivity (Wildman–Crippen MR) is 247 cm³/mol. The number of carbonyl (C=O) groups is 7. The maximum Gasteiger partial charge on any atom is 0.426 e. The van der Waals surface area contributed by atoms with Crippen LogP contribution >= 0.6 is 11.6 Å². The van der Waals surface area contributed by atoms with Crippen LogP contribution in [0.3, 0.4) is 0 Å². The van der Waals surface area contributed by atoms with Crippen LogP contribution in [0.25, 0.3) is 0 Å². The molecular weight excluding hydrogens is 930 g/mol. The van der Waals surface area contributed by atoms with Crippen LogP contribution in [-0.4, -0.2) is 161 Å². The van der Waals surface area contributed by atoms with Gasteiger partial charge in [0.2, 0.25) is 41.0 Å². The fourth-order valence-electron chi connectivity index (χ4n) is 9.05. The first-order valence-corrected chi connectivity index (χ1v) is 24.7. The average molecular weight is 1000 g/mol. The number of rotatable bonds is 16. The Labute approximate surface area is 406 Å². The molecule has 4 aliphatic rings. The van der Waals surface area contributed by atoms with Gasteiger partial charge in [-0.1, -0.05) is 38.8 Å². The molecule has 2 heterocycles. The molecule has 69 heavy (non-hydrogen) atoms. The van der Waals surface area contributed by atoms with Crippen molar-refractivity contribution in [3.63, 3.8) is 0 Å². The third kappa shape index (κ3) is 14.0. The summed E-state index contributed by atoms with van der Waals surface area (Å²) in [5.41, 5.74) is -3.36. The van der Waals surface area contributed by atoms with Crippen molar-refractivity contribution in [3.05, 3.63) is 28.8 Å². The van der Waals surface area contributed by atoms with Gasteiger partial charge in [0.25, 0.3) is 5.91 Å². The molecule has 8 atom stereocenters. The van der Waals surface area contributed by atoms with Crippen LogP contribution < -0.4 is 20.7 Å². The summed E-state index contributed by atoms with van der Waals surface area (Å²) in [4.78, 5) is 104. The van der Waals surface area contributed by atoms with Gasteiger partial charge in [0, 0.05) is 45.0 Å². The molecule has 2 aliphatic carbocycles. The third-order valence-corrected chi connectivity index (χ3v) is 13.8. The van der Waals surface area contributed by atoms with Gasteiger partial charge in [0.05, 0.1) is 13.2 Å². The summed E-state index contributed by atoms with van der Waals surface area (Å²) in [6.07, 6.45) is -3.38. The van der Waals surface area contributed by atoms with Crippen LogP contribution in [0, 0.1) is 17.8 Å². The molecule has 0 spiro atoms. The number of benzene rings is 1. The van der Waals surface area contributed by atoms with Crippen molar-refractivity contribution in [1.29, 1.82) is 0 Å². The molecule has 1 aromatic rings. The zero-order chi connectivity index (χ0) is 51.1. The van der Waals surface area contributed by atoms with Crippen LogP contribution in [0.5, 0.6) is 5.75 Å². The number of hydrogen-bond donors (Lipinski definition) is 4. The molecule has 2 aliphatic heterocycles. The predicted octanol–water partition coefficient (Wildman–Crippen LogP) is 4.32. The van der Waals surface area contributed by atoms with Crippen molar-refractivity contribution in [2.75, 3.05) is 40.3 Å². The highest BCUT2D eigenvalue weighted by Crippen LogP contribution is 2.37. The van der Waals surface area contributed by atoms with Gasteiger partial charge in [-0.2, -0.15) is 13.2 Å². The number of nitrogens with one attached hydrogen (secondary N) is 3. The number of likely N-dealkylation sites (tertiary alicyclic amines) is 1. The summed E-state index contributed by atoms with van der Waals surface area (Å²) in [7, 11) is 2.95. The van der Waals surface area contributed by atoms with E-state index in [-0.39, 0.29) is 51.1 Å². The molecule has 0 unspecified atom stereocenters. The Hall–Kier alpha value is -4.72. The summed E-state index contributed by atoms with van der Waals surface area (Å²) in [5.74, 6) is -5.73. The number of amides is 7. The Morgan fingerprint density at radius 1 is 0.986 bits per heavy atom. The highest BCUT2D eigenvalue weighted by Gasteiger charge is 2.59. The maximum absolute atomic E-state index is 15.0. The molecule has 4 N–H and O–H groups in total. The second-order valence-electron chi connectivity index (χ2n) is 19.8. The Morgan fingerprint density at radius 2 is 1.65 bits per heavy atom. The zero-order valence-electron chi connectivity index (χ0n) is 40.7. The monoisotopic (exact) mass is 999 g/mol. The van der Waals surface area contributed by atoms with Gasteiger partial charge >= 0.3 is 6.18 Å². The molecule has 21 heteroatoms. The van der Waals surface area contributed by atoms with Gasteiger partial charge in [-0.15, -0.1) is 0 Å². The molecular formula is C48H70ClF4N7O9. The van der Waals surface area contributed by atoms with E-state index in [2.05, 4.69) is 16.0 Å². The van der Waals surface area contributed by atoms with Gasteiger partial charge in [0.1, 0.15) is 48.2 Å². The standard InChI is InChI=1S/C48H70ClF4N7O9/c1-8-12-33-43(64)57(6)20-11-10-13-35(58(7)45(66)39(29-16-17-29)56-42(63)37-24-32(50)25-60(37)46(67)47(5,68)48(51,52)53)40(61)55-34(21-27(3)4)44(65)59(9-2)36(41(62)54-33)23-30-22-31(49)18-19-38(30)69-26-28-14-15-28/h18-19,22,27-29,32-37,39,68H,8-17,20-21,23-26H2,1-7H3,(H,54,62)(H,55,61)(H,56,63)/t32-,33-,34+,35+,36+,37+,39+,47-/m1/s1. The number of likely N-dealkylation sites (N-methyl/N-ethyl adjacent to an activating group) is 3. The smallest absolute Gasteiger partial charge is 0.426 e. The zero-order valence-corrected chi connectivity index (χ0v) is 41.5. The summed E-state index contributed by atoms with van der Waals surface area (Å²) in [5, 5.41) is 18.9. The van der Waals surface area contributed by atoms with E-state index in [1.54, 1.807) is 32.2 Å². The van der Waals surface area contributed by atoms with Crippen molar-refractivity contribution >= 4 is 53.0 Å². The molecule has 16 nitrogen and oxygen atoms in total. The van der Waals surface area contributed by atoms with E-state index in [0.29, 0.717) is 72.3 Å². The fraction of sp³-hybridized carbons (Fsp3) is 0.729. The first-order valence-electron chi connectivity index (χ1n) is 24.3. The van der Waals surface area contributed by atoms with Crippen LogP contribution in [0.15, 0.2) is 18.2 Å². The summed E-state index contributed by atoms with van der Waals surface area (Å²) >= 11 is 6.50. The Bertz CT molecular complexity index is 2040. The van der Waals surface area contributed by atoms with Crippen LogP contribution in [0.4, 0.5) is 17.6 Å². The van der Waals surface area contributed by atoms with Crippen molar-refractivity contribution in [2.24, 2.45) is 17.8 Å². The average Bonchev–Trinajstić information content (AvgIpc) is 4.23. The molecule has 5 rings (SSSR count). The lowest BCUT2D eigenvalue weighted by Crippen LogP contribution is -2.62. The van der Waals surface area contributed by atoms with E-state index in [4.69, 9.17) is 16.3 Å². The maximum atomic E-state index is 15.0. The van der Waals surface area contributed by atoms with Crippen LogP contribution in [0.1, 0.15) is 111 Å². The number of nitrogens with zero attached hydrogens (tertiary/aromatic N) is 4. The van der Waals surface area contributed by atoms with Gasteiger partial charge in [-0.05, 0) is 113 Å². The molecule has 386 valence electrons. The minimum Gasteiger partial charge on any atom is -0.493 e. The number of aliphatic hydroxyl groups is 1. The number of alkyl halides is 4. The molecule has 7 amide bonds. The molecule has 0 aromatic heterocycles. The van der Waals surface area contributed by atoms with Gasteiger partial charge < -0.3 is 45.4 Å². The quantitative estimate of drug-likeness (QED) is 0.174. The van der Waals surface area contributed by atoms with Crippen LogP contribution in [-0.2, 0) is 40.0 Å². The van der Waals surface area contributed by atoms with Crippen molar-refractivity contribution in [2.45, 2.75) is 166 Å². The van der Waals surface area contributed by atoms with Gasteiger partial charge in [-0.25, -0.2) is 4.39 Å². The van der Waals surface area contributed by atoms with E-state index in [0.717, 1.165) is 17.7 Å². The Morgan fingerprint density at radius 3 is 2.25 bits per heavy atom. The van der Waals surface area contributed by atoms with Crippen molar-refractivity contribution in [1.82, 2.24) is 35.6 Å². The second kappa shape index (κ2) is 23.5. The SMILES string of the molecule is CCC[C@H]1NC(=O)[C@H](Cc2cc(Cl)ccc2OCC2CC2)N(CC)C(=O)[C@H](CC(C)C)NC(=O)[C@@H](N(C)C(=O)[C@@H](NC(=O)[C@@H]2C[C@@H](F)CN2C(=O)[C@@](C)(O)C(F)(F)F)C2CC2)CCCCN(C)C1=O. The first kappa shape index (κ1) is 55.2. The molecule has 4 fully saturated rings. The van der Waals surface area contributed by atoms with Gasteiger partial charge in [0.15, 0.2) is 0 Å². The van der Waals surface area contributed by atoms with Crippen molar-refractivity contribution in [3.8, 4) is 5.75 Å². The Kier molecular flexibility index (Phi) is 18.8. The topological polar surface area (TPSA) is 198 Å². The fourth-order valence-corrected chi connectivity index (χ4v) is 9.25. The lowest BCUT2D eigenvalue weighted by Gasteiger charge is -2.37. The lowest BCUT2D eigenvalue weighted by atomic mass is 9.97. The minimum atomic E-state index is -5.43. The minimum absolute atomic E-state index is 0.0119. The van der Waals surface area contributed by atoms with Crippen LogP contribution in [0.2, 0.25) is 5.02 Å². The van der Waals surface area contributed by atoms with E-state index >= 15 is 4.79 Å². The normalized spacial score (nSPS) is 26.0. The first-order chi connectivity index (χ1) is 32.4. The lowest BCUT2D eigenvalue weighted by molar-refractivity contribution is -0.250. The van der Waals surface area contributed by atoms with E-state index in [1.807, 2.05) is 20.8 Å². The molecule has 1 aromatic carbocycles. The summed E-state index contributed by atoms with van der Waals surface area (Å²) < 4.78 is 62.0. The highest BCUT2D eigenvalue weighted by atomic mass is 35.5. The molecule has 0 bridgehead atoms. The van der Waals surface area contributed by atoms with E-state index in [9.17, 15) is 51.4 Å². The largest absolute Gasteiger partial charge is 0.493 e. The molecule has 2 saturated carbocycles. The number of halogens is 5. The van der Waals surface area contributed by atoms with Crippen molar-refractivity contribution < 1.29 is 61.0 Å². The molecule has 0 radical (unpaired) electrons. The number of hydrogen-bond acceptors (Lipinski definition) is 9. The van der Waals surface area contributed by atoms with Gasteiger partial charge in [-0.3, -0.25) is 33.6 Å². The van der Waals surface area contributed by atoms with E-state index in [1.165, 1.54) is 16.8 Å². The number of carbonyl (C=O) groups excluding carboxylic acids is 7. The summed E-state index contributed by atoms with van der Waals surface area (Å²) in [6.45, 7) is 7.33.